The lowest BCUT2D eigenvalue weighted by Gasteiger charge is -2.12. The molecule has 22 heavy (non-hydrogen) atoms. The van der Waals surface area contributed by atoms with E-state index >= 15 is 0 Å². The first-order valence-electron chi connectivity index (χ1n) is 6.62. The molecule has 6 nitrogen and oxygen atoms in total. The summed E-state index contributed by atoms with van der Waals surface area (Å²) in [5.41, 5.74) is 1.66. The van der Waals surface area contributed by atoms with Gasteiger partial charge < -0.3 is 14.6 Å². The van der Waals surface area contributed by atoms with E-state index in [4.69, 9.17) is 9.47 Å². The van der Waals surface area contributed by atoms with E-state index in [0.717, 1.165) is 5.56 Å². The van der Waals surface area contributed by atoms with E-state index in [0.29, 0.717) is 17.1 Å². The zero-order valence-electron chi connectivity index (χ0n) is 11.9. The number of benzene rings is 2. The van der Waals surface area contributed by atoms with Crippen molar-refractivity contribution in [3.63, 3.8) is 0 Å². The van der Waals surface area contributed by atoms with Gasteiger partial charge in [0, 0.05) is 11.6 Å². The Morgan fingerprint density at radius 2 is 1.77 bits per heavy atom. The molecule has 0 unspecified atom stereocenters. The van der Waals surface area contributed by atoms with E-state index in [1.165, 1.54) is 18.2 Å². The van der Waals surface area contributed by atoms with Gasteiger partial charge in [0.05, 0.1) is 17.2 Å². The third-order valence-electron chi connectivity index (χ3n) is 3.34. The van der Waals surface area contributed by atoms with Gasteiger partial charge in [0.2, 0.25) is 6.79 Å². The second-order valence-corrected chi connectivity index (χ2v) is 6.62. The highest BCUT2D eigenvalue weighted by molar-refractivity contribution is 7.92. The molecule has 0 aliphatic carbocycles. The minimum absolute atomic E-state index is 0.0777. The maximum Gasteiger partial charge on any atom is 0.261 e. The average molecular weight is 321 g/mol. The number of fused-ring (bicyclic) bond motifs is 1. The molecule has 0 bridgehead atoms. The number of ether oxygens (including phenoxy) is 2. The first kappa shape index (κ1) is 14.7. The molecule has 2 aromatic rings. The first-order valence-corrected chi connectivity index (χ1v) is 8.11. The van der Waals surface area contributed by atoms with Crippen molar-refractivity contribution in [2.75, 3.05) is 11.5 Å². The summed E-state index contributed by atoms with van der Waals surface area (Å²) in [7, 11) is -3.74. The molecule has 1 heterocycles. The minimum atomic E-state index is -3.74. The number of aryl methyl sites for hydroxylation is 1. The fourth-order valence-electron chi connectivity index (χ4n) is 2.13. The molecule has 0 saturated carbocycles. The van der Waals surface area contributed by atoms with Gasteiger partial charge in [0.25, 0.3) is 10.0 Å². The summed E-state index contributed by atoms with van der Waals surface area (Å²) in [6, 6.07) is 9.59. The van der Waals surface area contributed by atoms with Gasteiger partial charge in [-0.1, -0.05) is 17.7 Å². The molecule has 116 valence electrons. The van der Waals surface area contributed by atoms with Crippen molar-refractivity contribution < 1.29 is 23.0 Å². The molecule has 7 heteroatoms. The smallest absolute Gasteiger partial charge is 0.261 e. The second-order valence-electron chi connectivity index (χ2n) is 4.94. The number of hydrogen-bond acceptors (Lipinski definition) is 5. The van der Waals surface area contributed by atoms with Crippen LogP contribution in [0.4, 0.5) is 5.69 Å². The largest absolute Gasteiger partial charge is 0.454 e. The molecular weight excluding hydrogens is 306 g/mol. The Morgan fingerprint density at radius 3 is 2.41 bits per heavy atom. The molecule has 0 aromatic heterocycles. The van der Waals surface area contributed by atoms with Crippen molar-refractivity contribution in [2.45, 2.75) is 18.4 Å². The van der Waals surface area contributed by atoms with E-state index in [2.05, 4.69) is 4.72 Å². The molecule has 3 rings (SSSR count). The van der Waals surface area contributed by atoms with Crippen molar-refractivity contribution in [1.82, 2.24) is 0 Å². The topological polar surface area (TPSA) is 84.9 Å². The third-order valence-corrected chi connectivity index (χ3v) is 4.73. The minimum Gasteiger partial charge on any atom is -0.454 e. The molecular formula is C15H15NO5S. The summed E-state index contributed by atoms with van der Waals surface area (Å²) in [4.78, 5) is 0.152. The van der Waals surface area contributed by atoms with Crippen LogP contribution in [0.1, 0.15) is 11.1 Å². The monoisotopic (exact) mass is 321 g/mol. The van der Waals surface area contributed by atoms with Crippen LogP contribution < -0.4 is 14.2 Å². The van der Waals surface area contributed by atoms with Crippen LogP contribution in [-0.4, -0.2) is 20.3 Å². The molecule has 2 N–H and O–H groups in total. The highest BCUT2D eigenvalue weighted by Gasteiger charge is 2.21. The van der Waals surface area contributed by atoms with Gasteiger partial charge in [0.1, 0.15) is 0 Å². The number of anilines is 1. The van der Waals surface area contributed by atoms with Gasteiger partial charge in [-0.3, -0.25) is 4.72 Å². The number of rotatable bonds is 4. The zero-order valence-corrected chi connectivity index (χ0v) is 12.7. The molecule has 1 aliphatic rings. The maximum absolute atomic E-state index is 12.4. The third kappa shape index (κ3) is 2.72. The molecule has 1 aliphatic heterocycles. The summed E-state index contributed by atoms with van der Waals surface area (Å²) in [6.07, 6.45) is 0. The van der Waals surface area contributed by atoms with Crippen LogP contribution in [0.15, 0.2) is 41.3 Å². The predicted molar refractivity (Wildman–Crippen MR) is 80.5 cm³/mol. The summed E-state index contributed by atoms with van der Waals surface area (Å²) >= 11 is 0. The van der Waals surface area contributed by atoms with Crippen LogP contribution in [0.3, 0.4) is 0 Å². The Labute approximate surface area is 128 Å². The van der Waals surface area contributed by atoms with Gasteiger partial charge in [-0.25, -0.2) is 8.42 Å². The van der Waals surface area contributed by atoms with E-state index in [1.807, 2.05) is 6.92 Å². The molecule has 0 amide bonds. The van der Waals surface area contributed by atoms with Gasteiger partial charge >= 0.3 is 0 Å². The maximum atomic E-state index is 12.4. The molecule has 0 saturated heterocycles. The van der Waals surface area contributed by atoms with Crippen LogP contribution in [0.5, 0.6) is 11.5 Å². The standard InChI is InChI=1S/C15H15NO5S/c1-10-2-4-12(5-3-10)22(18,19)16-13-7-15-14(20-9-21-15)6-11(13)8-17/h2-7,16-17H,8-9H2,1H3. The SMILES string of the molecule is Cc1ccc(S(=O)(=O)Nc2cc3c(cc2CO)OCO3)cc1. The fraction of sp³-hybridized carbons (Fsp3) is 0.200. The van der Waals surface area contributed by atoms with Crippen molar-refractivity contribution in [3.05, 3.63) is 47.5 Å². The van der Waals surface area contributed by atoms with Crippen LogP contribution in [0, 0.1) is 6.92 Å². The zero-order chi connectivity index (χ0) is 15.7. The Bertz CT molecular complexity index is 799. The van der Waals surface area contributed by atoms with Gasteiger partial charge in [0.15, 0.2) is 11.5 Å². The van der Waals surface area contributed by atoms with Crippen LogP contribution in [0.2, 0.25) is 0 Å². The first-order chi connectivity index (χ1) is 10.5. The number of nitrogens with one attached hydrogen (secondary N) is 1. The molecule has 0 radical (unpaired) electrons. The quantitative estimate of drug-likeness (QED) is 0.900. The average Bonchev–Trinajstić information content (AvgIpc) is 2.93. The summed E-state index contributed by atoms with van der Waals surface area (Å²) in [5.74, 6) is 0.932. The Balaban J connectivity index is 1.97. The van der Waals surface area contributed by atoms with Gasteiger partial charge in [-0.15, -0.1) is 0 Å². The number of aliphatic hydroxyl groups is 1. The summed E-state index contributed by atoms with van der Waals surface area (Å²) in [6.45, 7) is 1.64. The highest BCUT2D eigenvalue weighted by atomic mass is 32.2. The van der Waals surface area contributed by atoms with Crippen molar-refractivity contribution in [1.29, 1.82) is 0 Å². The number of hydrogen-bond donors (Lipinski definition) is 2. The Kier molecular flexibility index (Phi) is 3.67. The van der Waals surface area contributed by atoms with Crippen molar-refractivity contribution >= 4 is 15.7 Å². The van der Waals surface area contributed by atoms with Crippen LogP contribution in [0.25, 0.3) is 0 Å². The van der Waals surface area contributed by atoms with Gasteiger partial charge in [-0.2, -0.15) is 0 Å². The number of sulfonamides is 1. The lowest BCUT2D eigenvalue weighted by molar-refractivity contribution is 0.174. The van der Waals surface area contributed by atoms with Crippen molar-refractivity contribution in [2.24, 2.45) is 0 Å². The summed E-state index contributed by atoms with van der Waals surface area (Å²) in [5, 5.41) is 9.42. The Hall–Kier alpha value is -2.25. The molecule has 0 spiro atoms. The lowest BCUT2D eigenvalue weighted by atomic mass is 10.1. The van der Waals surface area contributed by atoms with Crippen LogP contribution in [-0.2, 0) is 16.6 Å². The van der Waals surface area contributed by atoms with E-state index in [-0.39, 0.29) is 24.0 Å². The Morgan fingerprint density at radius 1 is 1.14 bits per heavy atom. The van der Waals surface area contributed by atoms with Gasteiger partial charge in [-0.05, 0) is 25.1 Å². The summed E-state index contributed by atoms with van der Waals surface area (Å²) < 4.78 is 37.8. The lowest BCUT2D eigenvalue weighted by Crippen LogP contribution is -2.14. The van der Waals surface area contributed by atoms with E-state index in [9.17, 15) is 13.5 Å². The predicted octanol–water partition coefficient (Wildman–Crippen LogP) is 2.02. The normalized spacial score (nSPS) is 13.2. The molecule has 2 aromatic carbocycles. The second kappa shape index (κ2) is 5.51. The van der Waals surface area contributed by atoms with Crippen molar-refractivity contribution in [3.8, 4) is 11.5 Å². The van der Waals surface area contributed by atoms with E-state index < -0.39 is 10.0 Å². The van der Waals surface area contributed by atoms with E-state index in [1.54, 1.807) is 18.2 Å². The molecule has 0 fully saturated rings. The van der Waals surface area contributed by atoms with Crippen LogP contribution >= 0.6 is 0 Å². The fourth-order valence-corrected chi connectivity index (χ4v) is 3.22. The number of aliphatic hydroxyl groups excluding tert-OH is 1. The highest BCUT2D eigenvalue weighted by Crippen LogP contribution is 2.37. The molecule has 0 atom stereocenters.